The van der Waals surface area contributed by atoms with E-state index in [1.807, 2.05) is 90.5 Å². The molecular formula is C24H23NO3. The van der Waals surface area contributed by atoms with Gasteiger partial charge in [0, 0.05) is 18.3 Å². The molecule has 2 aromatic carbocycles. The maximum absolute atomic E-state index is 12.7. The van der Waals surface area contributed by atoms with Gasteiger partial charge in [-0.15, -0.1) is 0 Å². The van der Waals surface area contributed by atoms with Gasteiger partial charge in [0.15, 0.2) is 0 Å². The summed E-state index contributed by atoms with van der Waals surface area (Å²) < 4.78 is 1.97. The van der Waals surface area contributed by atoms with Crippen molar-refractivity contribution in [1.82, 2.24) is 4.57 Å². The predicted molar refractivity (Wildman–Crippen MR) is 110 cm³/mol. The van der Waals surface area contributed by atoms with Crippen molar-refractivity contribution >= 4 is 17.8 Å². The molecule has 4 heteroatoms. The fourth-order valence-electron chi connectivity index (χ4n) is 3.08. The smallest absolute Gasteiger partial charge is 0.307 e. The lowest BCUT2D eigenvalue weighted by Gasteiger charge is -2.07. The lowest BCUT2D eigenvalue weighted by atomic mass is 10.1. The van der Waals surface area contributed by atoms with Crippen LogP contribution in [0.25, 0.3) is 6.08 Å². The van der Waals surface area contributed by atoms with Crippen LogP contribution in [-0.2, 0) is 17.8 Å². The number of aromatic nitrogens is 1. The Kier molecular flexibility index (Phi) is 6.22. The molecule has 1 N–H and O–H groups in total. The molecule has 1 aromatic heterocycles. The summed E-state index contributed by atoms with van der Waals surface area (Å²) >= 11 is 0. The van der Waals surface area contributed by atoms with Gasteiger partial charge in [-0.3, -0.25) is 9.59 Å². The van der Waals surface area contributed by atoms with E-state index in [4.69, 9.17) is 5.11 Å². The molecule has 0 bridgehead atoms. The molecule has 3 aromatic rings. The predicted octanol–water partition coefficient (Wildman–Crippen LogP) is 4.76. The van der Waals surface area contributed by atoms with Crippen LogP contribution in [0.4, 0.5) is 0 Å². The molecule has 0 saturated heterocycles. The second-order valence-corrected chi connectivity index (χ2v) is 6.79. The van der Waals surface area contributed by atoms with Crippen LogP contribution in [0.1, 0.15) is 39.2 Å². The minimum Gasteiger partial charge on any atom is -0.481 e. The highest BCUT2D eigenvalue weighted by molar-refractivity contribution is 6.08. The molecule has 4 nitrogen and oxygen atoms in total. The molecule has 0 spiro atoms. The fourth-order valence-corrected chi connectivity index (χ4v) is 3.08. The molecular weight excluding hydrogens is 350 g/mol. The molecule has 0 atom stereocenters. The lowest BCUT2D eigenvalue weighted by molar-refractivity contribution is -0.136. The summed E-state index contributed by atoms with van der Waals surface area (Å²) in [6.45, 7) is 2.70. The fraction of sp³-hybridized carbons (Fsp3) is 0.167. The van der Waals surface area contributed by atoms with E-state index in [0.717, 1.165) is 23.1 Å². The lowest BCUT2D eigenvalue weighted by Crippen LogP contribution is -2.09. The number of allylic oxidation sites excluding steroid dienone is 1. The molecule has 0 aliphatic rings. The van der Waals surface area contributed by atoms with Gasteiger partial charge in [0.2, 0.25) is 5.78 Å². The third-order valence-corrected chi connectivity index (χ3v) is 4.53. The van der Waals surface area contributed by atoms with Gasteiger partial charge < -0.3 is 9.67 Å². The van der Waals surface area contributed by atoms with E-state index in [9.17, 15) is 9.59 Å². The number of nitrogens with zero attached hydrogens (tertiary/aromatic N) is 1. The van der Waals surface area contributed by atoms with Crippen molar-refractivity contribution in [3.8, 4) is 0 Å². The van der Waals surface area contributed by atoms with Crippen LogP contribution >= 0.6 is 0 Å². The highest BCUT2D eigenvalue weighted by Gasteiger charge is 2.12. The Morgan fingerprint density at radius 2 is 1.82 bits per heavy atom. The Bertz CT molecular complexity index is 997. The first-order chi connectivity index (χ1) is 13.5. The summed E-state index contributed by atoms with van der Waals surface area (Å²) in [5.74, 6) is -0.810. The SMILES string of the molecule is Cc1ccc(C(=O)c2cccn2CCC=Cc2cccc(CC(=O)O)c2)cc1. The molecule has 0 fully saturated rings. The maximum Gasteiger partial charge on any atom is 0.307 e. The van der Waals surface area contributed by atoms with E-state index >= 15 is 0 Å². The first-order valence-electron chi connectivity index (χ1n) is 9.27. The average molecular weight is 373 g/mol. The Morgan fingerprint density at radius 3 is 2.57 bits per heavy atom. The van der Waals surface area contributed by atoms with Gasteiger partial charge in [-0.2, -0.15) is 0 Å². The summed E-state index contributed by atoms with van der Waals surface area (Å²) in [6, 6.07) is 18.9. The topological polar surface area (TPSA) is 59.3 Å². The van der Waals surface area contributed by atoms with Crippen LogP contribution in [0.15, 0.2) is 72.9 Å². The van der Waals surface area contributed by atoms with Crippen molar-refractivity contribution in [1.29, 1.82) is 0 Å². The number of hydrogen-bond donors (Lipinski definition) is 1. The summed E-state index contributed by atoms with van der Waals surface area (Å²) in [6.07, 6.45) is 6.74. The number of carboxylic acid groups (broad SMARTS) is 1. The van der Waals surface area contributed by atoms with Gasteiger partial charge in [-0.1, -0.05) is 66.2 Å². The second kappa shape index (κ2) is 9.00. The molecule has 0 unspecified atom stereocenters. The van der Waals surface area contributed by atoms with E-state index in [1.54, 1.807) is 0 Å². The first-order valence-corrected chi connectivity index (χ1v) is 9.27. The monoisotopic (exact) mass is 373 g/mol. The number of aliphatic carboxylic acids is 1. The largest absolute Gasteiger partial charge is 0.481 e. The molecule has 0 radical (unpaired) electrons. The standard InChI is InChI=1S/C24H23NO3/c1-18-10-12-21(13-11-18)24(28)22-9-5-15-25(22)14-3-2-6-19-7-4-8-20(16-19)17-23(26)27/h2,4-13,15-16H,3,14,17H2,1H3,(H,26,27). The van der Waals surface area contributed by atoms with E-state index in [1.165, 1.54) is 0 Å². The number of carboxylic acids is 1. The molecule has 142 valence electrons. The number of benzene rings is 2. The van der Waals surface area contributed by atoms with Crippen LogP contribution in [0.3, 0.4) is 0 Å². The van der Waals surface area contributed by atoms with Crippen LogP contribution in [-0.4, -0.2) is 21.4 Å². The normalized spacial score (nSPS) is 11.0. The number of aryl methyl sites for hydroxylation is 2. The van der Waals surface area contributed by atoms with Gasteiger partial charge in [-0.25, -0.2) is 0 Å². The summed E-state index contributed by atoms with van der Waals surface area (Å²) in [4.78, 5) is 23.6. The summed E-state index contributed by atoms with van der Waals surface area (Å²) in [5, 5.41) is 8.90. The number of carbonyl (C=O) groups is 2. The summed E-state index contributed by atoms with van der Waals surface area (Å²) in [5.41, 5.74) is 4.26. The number of hydrogen-bond acceptors (Lipinski definition) is 2. The molecule has 0 aliphatic heterocycles. The van der Waals surface area contributed by atoms with Crippen LogP contribution in [0.5, 0.6) is 0 Å². The Morgan fingerprint density at radius 1 is 1.04 bits per heavy atom. The van der Waals surface area contributed by atoms with Gasteiger partial charge in [-0.05, 0) is 36.6 Å². The number of ketones is 1. The zero-order valence-corrected chi connectivity index (χ0v) is 15.8. The minimum absolute atomic E-state index is 0.0233. The molecule has 0 saturated carbocycles. The Labute approximate surface area is 164 Å². The highest BCUT2D eigenvalue weighted by Crippen LogP contribution is 2.13. The van der Waals surface area contributed by atoms with Crippen molar-refractivity contribution in [2.75, 3.05) is 0 Å². The first kappa shape index (κ1) is 19.4. The van der Waals surface area contributed by atoms with E-state index < -0.39 is 5.97 Å². The molecule has 0 amide bonds. The van der Waals surface area contributed by atoms with Crippen molar-refractivity contribution in [2.45, 2.75) is 26.3 Å². The van der Waals surface area contributed by atoms with Gasteiger partial charge in [0.1, 0.15) is 0 Å². The molecule has 0 aliphatic carbocycles. The molecule has 3 rings (SSSR count). The average Bonchev–Trinajstić information content (AvgIpc) is 3.13. The number of rotatable bonds is 8. The maximum atomic E-state index is 12.7. The Hall–Kier alpha value is -3.40. The zero-order chi connectivity index (χ0) is 19.9. The van der Waals surface area contributed by atoms with Crippen molar-refractivity contribution in [2.24, 2.45) is 0 Å². The second-order valence-electron chi connectivity index (χ2n) is 6.79. The van der Waals surface area contributed by atoms with Crippen molar-refractivity contribution < 1.29 is 14.7 Å². The number of carbonyl (C=O) groups excluding carboxylic acids is 1. The van der Waals surface area contributed by atoms with Crippen molar-refractivity contribution in [3.63, 3.8) is 0 Å². The van der Waals surface area contributed by atoms with Crippen LogP contribution in [0.2, 0.25) is 0 Å². The Balaban J connectivity index is 1.62. The summed E-state index contributed by atoms with van der Waals surface area (Å²) in [7, 11) is 0. The third-order valence-electron chi connectivity index (χ3n) is 4.53. The van der Waals surface area contributed by atoms with Crippen LogP contribution < -0.4 is 0 Å². The van der Waals surface area contributed by atoms with Crippen molar-refractivity contribution in [3.05, 3.63) is 101 Å². The van der Waals surface area contributed by atoms with Gasteiger partial charge in [0.25, 0.3) is 0 Å². The van der Waals surface area contributed by atoms with E-state index in [2.05, 4.69) is 0 Å². The highest BCUT2D eigenvalue weighted by atomic mass is 16.4. The van der Waals surface area contributed by atoms with Gasteiger partial charge in [0.05, 0.1) is 12.1 Å². The van der Waals surface area contributed by atoms with Gasteiger partial charge >= 0.3 is 5.97 Å². The minimum atomic E-state index is -0.834. The van der Waals surface area contributed by atoms with E-state index in [-0.39, 0.29) is 12.2 Å². The third kappa shape index (κ3) is 5.07. The van der Waals surface area contributed by atoms with E-state index in [0.29, 0.717) is 17.8 Å². The molecule has 1 heterocycles. The zero-order valence-electron chi connectivity index (χ0n) is 15.8. The quantitative estimate of drug-likeness (QED) is 0.579. The molecule has 28 heavy (non-hydrogen) atoms. The van der Waals surface area contributed by atoms with Crippen LogP contribution in [0, 0.1) is 6.92 Å².